The van der Waals surface area contributed by atoms with E-state index >= 15 is 0 Å². The number of urea groups is 1. The molecule has 0 aliphatic heterocycles. The molecule has 0 aliphatic rings. The zero-order valence-corrected chi connectivity index (χ0v) is 11.7. The van der Waals surface area contributed by atoms with Crippen molar-refractivity contribution in [2.45, 2.75) is 58.9 Å². The molecule has 0 aromatic carbocycles. The Balaban J connectivity index is 3.71. The summed E-state index contributed by atoms with van der Waals surface area (Å²) in [5.74, 6) is -0.757. The largest absolute Gasteiger partial charge is 0.481 e. The number of nitrogens with zero attached hydrogens (tertiary/aromatic N) is 1. The number of hydrogen-bond acceptors (Lipinski definition) is 2. The minimum Gasteiger partial charge on any atom is -0.481 e. The fourth-order valence-electron chi connectivity index (χ4n) is 1.75. The van der Waals surface area contributed by atoms with Gasteiger partial charge in [0.05, 0.1) is 0 Å². The second kappa shape index (κ2) is 9.74. The molecule has 5 heteroatoms. The zero-order chi connectivity index (χ0) is 14.0. The molecule has 0 saturated carbocycles. The molecule has 1 unspecified atom stereocenters. The van der Waals surface area contributed by atoms with Gasteiger partial charge in [-0.3, -0.25) is 4.79 Å². The number of amides is 2. The Morgan fingerprint density at radius 2 is 1.89 bits per heavy atom. The lowest BCUT2D eigenvalue weighted by molar-refractivity contribution is -0.137. The van der Waals surface area contributed by atoms with Crippen LogP contribution < -0.4 is 5.32 Å². The number of carbonyl (C=O) groups is 2. The molecule has 0 aliphatic carbocycles. The van der Waals surface area contributed by atoms with Crippen LogP contribution in [0.1, 0.15) is 52.9 Å². The predicted molar refractivity (Wildman–Crippen MR) is 71.6 cm³/mol. The lowest BCUT2D eigenvalue weighted by atomic mass is 10.2. The van der Waals surface area contributed by atoms with Gasteiger partial charge in [-0.15, -0.1) is 0 Å². The third kappa shape index (κ3) is 7.14. The van der Waals surface area contributed by atoms with Gasteiger partial charge in [0.15, 0.2) is 0 Å². The zero-order valence-electron chi connectivity index (χ0n) is 11.7. The monoisotopic (exact) mass is 258 g/mol. The normalized spacial score (nSPS) is 11.9. The van der Waals surface area contributed by atoms with Gasteiger partial charge >= 0.3 is 12.0 Å². The third-order valence-corrected chi connectivity index (χ3v) is 3.07. The first-order valence-electron chi connectivity index (χ1n) is 6.79. The number of carbonyl (C=O) groups excluding carboxylic acids is 1. The highest BCUT2D eigenvalue weighted by atomic mass is 16.4. The molecule has 2 amide bonds. The van der Waals surface area contributed by atoms with Gasteiger partial charge < -0.3 is 15.3 Å². The van der Waals surface area contributed by atoms with Crippen LogP contribution in [0.3, 0.4) is 0 Å². The Bertz CT molecular complexity index is 257. The van der Waals surface area contributed by atoms with Gasteiger partial charge in [-0.2, -0.15) is 0 Å². The number of carboxylic acid groups (broad SMARTS) is 1. The van der Waals surface area contributed by atoms with E-state index in [1.165, 1.54) is 0 Å². The van der Waals surface area contributed by atoms with Crippen LogP contribution in [-0.4, -0.2) is 41.1 Å². The third-order valence-electron chi connectivity index (χ3n) is 3.07. The number of carboxylic acids is 1. The van der Waals surface area contributed by atoms with Crippen molar-refractivity contribution in [3.8, 4) is 0 Å². The molecule has 106 valence electrons. The van der Waals surface area contributed by atoms with Gasteiger partial charge in [0.25, 0.3) is 0 Å². The Labute approximate surface area is 110 Å². The number of rotatable bonds is 9. The first kappa shape index (κ1) is 16.7. The molecular formula is C13H26N2O3. The maximum atomic E-state index is 11.8. The average Bonchev–Trinajstić information content (AvgIpc) is 2.33. The molecule has 0 fully saturated rings. The average molecular weight is 258 g/mol. The first-order chi connectivity index (χ1) is 8.52. The Kier molecular flexibility index (Phi) is 9.06. The van der Waals surface area contributed by atoms with Crippen molar-refractivity contribution in [1.82, 2.24) is 10.2 Å². The fraction of sp³-hybridized carbons (Fsp3) is 0.846. The SMILES string of the molecule is CCC(C)N(CC)C(=O)NCCCCCC(=O)O. The molecule has 5 nitrogen and oxygen atoms in total. The van der Waals surface area contributed by atoms with Crippen molar-refractivity contribution in [2.75, 3.05) is 13.1 Å². The van der Waals surface area contributed by atoms with Crippen molar-refractivity contribution in [3.05, 3.63) is 0 Å². The van der Waals surface area contributed by atoms with E-state index in [-0.39, 0.29) is 18.5 Å². The van der Waals surface area contributed by atoms with E-state index in [0.717, 1.165) is 19.3 Å². The molecule has 18 heavy (non-hydrogen) atoms. The van der Waals surface area contributed by atoms with E-state index < -0.39 is 5.97 Å². The molecule has 0 rings (SSSR count). The van der Waals surface area contributed by atoms with Crippen LogP contribution in [-0.2, 0) is 4.79 Å². The fourth-order valence-corrected chi connectivity index (χ4v) is 1.75. The molecule has 2 N–H and O–H groups in total. The minimum atomic E-state index is -0.757. The molecule has 0 bridgehead atoms. The Hall–Kier alpha value is -1.26. The van der Waals surface area contributed by atoms with Gasteiger partial charge in [-0.1, -0.05) is 13.3 Å². The number of nitrogens with one attached hydrogen (secondary N) is 1. The van der Waals surface area contributed by atoms with Crippen molar-refractivity contribution in [1.29, 1.82) is 0 Å². The van der Waals surface area contributed by atoms with Crippen molar-refractivity contribution < 1.29 is 14.7 Å². The molecule has 0 aromatic rings. The smallest absolute Gasteiger partial charge is 0.317 e. The van der Waals surface area contributed by atoms with Gasteiger partial charge in [-0.05, 0) is 33.1 Å². The van der Waals surface area contributed by atoms with Crippen molar-refractivity contribution in [2.24, 2.45) is 0 Å². The van der Waals surface area contributed by atoms with Gasteiger partial charge in [-0.25, -0.2) is 4.79 Å². The summed E-state index contributed by atoms with van der Waals surface area (Å²) in [5.41, 5.74) is 0. The predicted octanol–water partition coefficient (Wildman–Crippen LogP) is 2.46. The first-order valence-corrected chi connectivity index (χ1v) is 6.79. The summed E-state index contributed by atoms with van der Waals surface area (Å²) in [6.45, 7) is 7.40. The maximum Gasteiger partial charge on any atom is 0.317 e. The van der Waals surface area contributed by atoms with Crippen molar-refractivity contribution >= 4 is 12.0 Å². The van der Waals surface area contributed by atoms with Crippen LogP contribution in [0.15, 0.2) is 0 Å². The van der Waals surface area contributed by atoms with Gasteiger partial charge in [0, 0.05) is 25.6 Å². The summed E-state index contributed by atoms with van der Waals surface area (Å²) in [4.78, 5) is 24.0. The second-order valence-corrected chi connectivity index (χ2v) is 4.48. The van der Waals surface area contributed by atoms with Crippen LogP contribution in [0.25, 0.3) is 0 Å². The molecule has 0 spiro atoms. The Morgan fingerprint density at radius 1 is 1.22 bits per heavy atom. The summed E-state index contributed by atoms with van der Waals surface area (Å²) in [5, 5.41) is 11.4. The van der Waals surface area contributed by atoms with Crippen LogP contribution in [0.5, 0.6) is 0 Å². The van der Waals surface area contributed by atoms with Gasteiger partial charge in [0.2, 0.25) is 0 Å². The molecule has 0 aromatic heterocycles. The van der Waals surface area contributed by atoms with Gasteiger partial charge in [0.1, 0.15) is 0 Å². The number of hydrogen-bond donors (Lipinski definition) is 2. The maximum absolute atomic E-state index is 11.8. The summed E-state index contributed by atoms with van der Waals surface area (Å²) >= 11 is 0. The minimum absolute atomic E-state index is 0.0231. The molecule has 0 saturated heterocycles. The number of unbranched alkanes of at least 4 members (excludes halogenated alkanes) is 2. The van der Waals surface area contributed by atoms with Crippen LogP contribution >= 0.6 is 0 Å². The van der Waals surface area contributed by atoms with Crippen LogP contribution in [0, 0.1) is 0 Å². The lowest BCUT2D eigenvalue weighted by Gasteiger charge is -2.27. The lowest BCUT2D eigenvalue weighted by Crippen LogP contribution is -2.44. The Morgan fingerprint density at radius 3 is 2.39 bits per heavy atom. The van der Waals surface area contributed by atoms with E-state index in [0.29, 0.717) is 19.5 Å². The highest BCUT2D eigenvalue weighted by molar-refractivity contribution is 5.74. The van der Waals surface area contributed by atoms with E-state index in [2.05, 4.69) is 12.2 Å². The van der Waals surface area contributed by atoms with E-state index in [4.69, 9.17) is 5.11 Å². The van der Waals surface area contributed by atoms with E-state index in [1.54, 1.807) is 0 Å². The number of aliphatic carboxylic acids is 1. The van der Waals surface area contributed by atoms with E-state index in [1.807, 2.05) is 18.7 Å². The highest BCUT2D eigenvalue weighted by Crippen LogP contribution is 2.04. The molecule has 1 atom stereocenters. The summed E-state index contributed by atoms with van der Waals surface area (Å²) in [7, 11) is 0. The summed E-state index contributed by atoms with van der Waals surface area (Å²) < 4.78 is 0. The summed E-state index contributed by atoms with van der Waals surface area (Å²) in [6, 6.07) is 0.229. The summed E-state index contributed by atoms with van der Waals surface area (Å²) in [6.07, 6.45) is 3.49. The second-order valence-electron chi connectivity index (χ2n) is 4.48. The topological polar surface area (TPSA) is 69.6 Å². The molecule has 0 heterocycles. The standard InChI is InChI=1S/C13H26N2O3/c1-4-11(3)15(5-2)13(18)14-10-8-6-7-9-12(16)17/h11H,4-10H2,1-3H3,(H,14,18)(H,16,17). The molecule has 0 radical (unpaired) electrons. The van der Waals surface area contributed by atoms with Crippen LogP contribution in [0.4, 0.5) is 4.79 Å². The highest BCUT2D eigenvalue weighted by Gasteiger charge is 2.15. The quantitative estimate of drug-likeness (QED) is 0.624. The van der Waals surface area contributed by atoms with E-state index in [9.17, 15) is 9.59 Å². The van der Waals surface area contributed by atoms with Crippen LogP contribution in [0.2, 0.25) is 0 Å². The van der Waals surface area contributed by atoms with Crippen molar-refractivity contribution in [3.63, 3.8) is 0 Å². The molecular weight excluding hydrogens is 232 g/mol.